The highest BCUT2D eigenvalue weighted by Crippen LogP contribution is 2.21. The lowest BCUT2D eigenvalue weighted by atomic mass is 10.0. The number of nitrogens with zero attached hydrogens (tertiary/aromatic N) is 1. The van der Waals surface area contributed by atoms with Gasteiger partial charge in [-0.25, -0.2) is 0 Å². The number of methoxy groups -OCH3 is 1. The number of furan rings is 1. The van der Waals surface area contributed by atoms with Crippen LogP contribution in [0.2, 0.25) is 0 Å². The van der Waals surface area contributed by atoms with Gasteiger partial charge in [-0.3, -0.25) is 16.3 Å². The van der Waals surface area contributed by atoms with Crippen LogP contribution in [-0.2, 0) is 6.42 Å². The first kappa shape index (κ1) is 12.6. The zero-order valence-corrected chi connectivity index (χ0v) is 10.3. The Labute approximate surface area is 106 Å². The predicted molar refractivity (Wildman–Crippen MR) is 67.9 cm³/mol. The van der Waals surface area contributed by atoms with Gasteiger partial charge in [0.05, 0.1) is 19.6 Å². The maximum atomic E-state index is 5.59. The molecule has 5 heteroatoms. The molecule has 0 spiro atoms. The Morgan fingerprint density at radius 1 is 1.50 bits per heavy atom. The molecule has 2 rings (SSSR count). The Balaban J connectivity index is 2.03. The van der Waals surface area contributed by atoms with E-state index >= 15 is 0 Å². The van der Waals surface area contributed by atoms with Gasteiger partial charge in [0.2, 0.25) is 0 Å². The third-order valence-corrected chi connectivity index (χ3v) is 2.83. The summed E-state index contributed by atoms with van der Waals surface area (Å²) < 4.78 is 10.5. The molecule has 2 aromatic heterocycles. The van der Waals surface area contributed by atoms with Gasteiger partial charge >= 0.3 is 0 Å². The molecule has 3 N–H and O–H groups in total. The molecular formula is C13H17N3O2. The summed E-state index contributed by atoms with van der Waals surface area (Å²) in [4.78, 5) is 4.13. The van der Waals surface area contributed by atoms with Crippen molar-refractivity contribution < 1.29 is 9.15 Å². The average molecular weight is 247 g/mol. The topological polar surface area (TPSA) is 73.3 Å². The van der Waals surface area contributed by atoms with Crippen LogP contribution in [0.4, 0.5) is 0 Å². The van der Waals surface area contributed by atoms with E-state index in [0.29, 0.717) is 0 Å². The van der Waals surface area contributed by atoms with Gasteiger partial charge in [-0.15, -0.1) is 0 Å². The molecule has 5 nitrogen and oxygen atoms in total. The summed E-state index contributed by atoms with van der Waals surface area (Å²) in [6, 6.07) is 5.79. The highest BCUT2D eigenvalue weighted by molar-refractivity contribution is 5.26. The lowest BCUT2D eigenvalue weighted by Gasteiger charge is -2.15. The highest BCUT2D eigenvalue weighted by Gasteiger charge is 2.11. The van der Waals surface area contributed by atoms with E-state index < -0.39 is 0 Å². The summed E-state index contributed by atoms with van der Waals surface area (Å²) in [6.45, 7) is 0. The molecule has 0 fully saturated rings. The lowest BCUT2D eigenvalue weighted by Crippen LogP contribution is -2.28. The van der Waals surface area contributed by atoms with Gasteiger partial charge in [-0.05, 0) is 30.2 Å². The second-order valence-corrected chi connectivity index (χ2v) is 4.00. The number of pyridine rings is 1. The fourth-order valence-electron chi connectivity index (χ4n) is 1.83. The maximum Gasteiger partial charge on any atom is 0.137 e. The Kier molecular flexibility index (Phi) is 4.33. The number of aromatic nitrogens is 1. The molecule has 0 aromatic carbocycles. The van der Waals surface area contributed by atoms with Crippen molar-refractivity contribution in [1.29, 1.82) is 0 Å². The largest absolute Gasteiger partial charge is 0.495 e. The molecule has 0 saturated heterocycles. The van der Waals surface area contributed by atoms with Crippen molar-refractivity contribution in [3.8, 4) is 5.75 Å². The Morgan fingerprint density at radius 2 is 2.39 bits per heavy atom. The first-order valence-electron chi connectivity index (χ1n) is 5.81. The molecule has 0 aliphatic heterocycles. The second-order valence-electron chi connectivity index (χ2n) is 4.00. The molecule has 0 aliphatic rings. The van der Waals surface area contributed by atoms with Crippen LogP contribution in [0.5, 0.6) is 5.75 Å². The van der Waals surface area contributed by atoms with Crippen molar-refractivity contribution >= 4 is 0 Å². The van der Waals surface area contributed by atoms with Gasteiger partial charge in [0.15, 0.2) is 0 Å². The van der Waals surface area contributed by atoms with Gasteiger partial charge in [-0.2, -0.15) is 0 Å². The van der Waals surface area contributed by atoms with Crippen LogP contribution in [0.1, 0.15) is 23.8 Å². The molecule has 96 valence electrons. The zero-order valence-electron chi connectivity index (χ0n) is 10.3. The smallest absolute Gasteiger partial charge is 0.137 e. The number of hydrogen-bond acceptors (Lipinski definition) is 5. The first-order valence-corrected chi connectivity index (χ1v) is 5.81. The first-order chi connectivity index (χ1) is 8.83. The van der Waals surface area contributed by atoms with E-state index in [0.717, 1.165) is 29.9 Å². The van der Waals surface area contributed by atoms with Crippen molar-refractivity contribution in [2.75, 3.05) is 7.11 Å². The van der Waals surface area contributed by atoms with Gasteiger partial charge in [0.1, 0.15) is 11.5 Å². The van der Waals surface area contributed by atoms with E-state index in [1.54, 1.807) is 25.8 Å². The molecular weight excluding hydrogens is 230 g/mol. The fraction of sp³-hybridized carbons (Fsp3) is 0.308. The summed E-state index contributed by atoms with van der Waals surface area (Å²) in [5.41, 5.74) is 3.80. The third kappa shape index (κ3) is 3.09. The molecule has 0 saturated carbocycles. The van der Waals surface area contributed by atoms with Crippen LogP contribution in [0.3, 0.4) is 0 Å². The summed E-state index contributed by atoms with van der Waals surface area (Å²) in [7, 11) is 1.62. The number of rotatable bonds is 6. The molecule has 1 atom stereocenters. The summed E-state index contributed by atoms with van der Waals surface area (Å²) >= 11 is 0. The van der Waals surface area contributed by atoms with E-state index in [2.05, 4.69) is 10.4 Å². The third-order valence-electron chi connectivity index (χ3n) is 2.83. The normalized spacial score (nSPS) is 12.3. The molecule has 0 radical (unpaired) electrons. The van der Waals surface area contributed by atoms with Crippen LogP contribution in [-0.4, -0.2) is 12.1 Å². The molecule has 2 aromatic rings. The average Bonchev–Trinajstić information content (AvgIpc) is 2.93. The highest BCUT2D eigenvalue weighted by atomic mass is 16.5. The summed E-state index contributed by atoms with van der Waals surface area (Å²) in [6.07, 6.45) is 6.78. The van der Waals surface area contributed by atoms with Crippen molar-refractivity contribution in [2.45, 2.75) is 18.9 Å². The van der Waals surface area contributed by atoms with Crippen molar-refractivity contribution in [3.05, 3.63) is 48.2 Å². The molecule has 2 heterocycles. The SMILES string of the molecule is COc1cncc(C(CCc2ccco2)NN)c1. The molecule has 0 bridgehead atoms. The van der Waals surface area contributed by atoms with E-state index in [1.165, 1.54) is 0 Å². The van der Waals surface area contributed by atoms with Gasteiger partial charge < -0.3 is 9.15 Å². The summed E-state index contributed by atoms with van der Waals surface area (Å²) in [5, 5.41) is 0. The van der Waals surface area contributed by atoms with E-state index in [9.17, 15) is 0 Å². The number of hydrogen-bond donors (Lipinski definition) is 2. The van der Waals surface area contributed by atoms with Crippen molar-refractivity contribution in [2.24, 2.45) is 5.84 Å². The monoisotopic (exact) mass is 247 g/mol. The molecule has 0 aliphatic carbocycles. The fourth-order valence-corrected chi connectivity index (χ4v) is 1.83. The number of nitrogens with one attached hydrogen (secondary N) is 1. The Morgan fingerprint density at radius 3 is 3.06 bits per heavy atom. The Bertz CT molecular complexity index is 471. The number of aryl methyl sites for hydroxylation is 1. The van der Waals surface area contributed by atoms with Crippen molar-refractivity contribution in [3.63, 3.8) is 0 Å². The number of hydrazine groups is 1. The molecule has 0 amide bonds. The predicted octanol–water partition coefficient (Wildman–Crippen LogP) is 1.82. The Hall–Kier alpha value is -1.85. The van der Waals surface area contributed by atoms with Gasteiger partial charge in [0, 0.05) is 18.7 Å². The minimum atomic E-state index is 0.0256. The van der Waals surface area contributed by atoms with E-state index in [1.807, 2.05) is 18.2 Å². The van der Waals surface area contributed by atoms with E-state index in [-0.39, 0.29) is 6.04 Å². The zero-order chi connectivity index (χ0) is 12.8. The molecule has 1 unspecified atom stereocenters. The van der Waals surface area contributed by atoms with Crippen LogP contribution in [0.15, 0.2) is 41.3 Å². The number of ether oxygens (including phenoxy) is 1. The lowest BCUT2D eigenvalue weighted by molar-refractivity contribution is 0.409. The standard InChI is InChI=1S/C13H17N3O2/c1-17-12-7-10(8-15-9-12)13(16-14)5-4-11-3-2-6-18-11/h2-3,6-9,13,16H,4-5,14H2,1H3. The quantitative estimate of drug-likeness (QED) is 0.601. The van der Waals surface area contributed by atoms with Crippen LogP contribution >= 0.6 is 0 Å². The summed E-state index contributed by atoms with van der Waals surface area (Å²) in [5.74, 6) is 7.26. The minimum Gasteiger partial charge on any atom is -0.495 e. The van der Waals surface area contributed by atoms with Gasteiger partial charge in [0.25, 0.3) is 0 Å². The van der Waals surface area contributed by atoms with Crippen LogP contribution in [0.25, 0.3) is 0 Å². The second kappa shape index (κ2) is 6.18. The molecule has 18 heavy (non-hydrogen) atoms. The maximum absolute atomic E-state index is 5.59. The van der Waals surface area contributed by atoms with Crippen LogP contribution in [0, 0.1) is 0 Å². The van der Waals surface area contributed by atoms with Gasteiger partial charge in [-0.1, -0.05) is 0 Å². The van der Waals surface area contributed by atoms with Crippen molar-refractivity contribution in [1.82, 2.24) is 10.4 Å². The number of nitrogens with two attached hydrogens (primary N) is 1. The minimum absolute atomic E-state index is 0.0256. The van der Waals surface area contributed by atoms with E-state index in [4.69, 9.17) is 15.0 Å². The van der Waals surface area contributed by atoms with Crippen LogP contribution < -0.4 is 16.0 Å².